The second kappa shape index (κ2) is 9.52. The van der Waals surface area contributed by atoms with Crippen molar-refractivity contribution >= 4 is 40.9 Å². The van der Waals surface area contributed by atoms with Crippen molar-refractivity contribution in [2.45, 2.75) is 123 Å². The first-order chi connectivity index (χ1) is 13.9. The molecule has 0 aromatic heterocycles. The molecule has 0 saturated carbocycles. The predicted octanol–water partition coefficient (Wildman–Crippen LogP) is 9.74. The van der Waals surface area contributed by atoms with E-state index in [1.54, 1.807) is 0 Å². The molecule has 0 aliphatic rings. The van der Waals surface area contributed by atoms with Crippen LogP contribution in [0.3, 0.4) is 0 Å². The summed E-state index contributed by atoms with van der Waals surface area (Å²) in [4.78, 5) is 0. The lowest BCUT2D eigenvalue weighted by atomic mass is 10.2. The Balaban J connectivity index is 3.48. The maximum Gasteiger partial charge on any atom is 0.250 e. The molecule has 3 nitrogen and oxygen atoms in total. The Morgan fingerprint density at radius 2 is 1.06 bits per heavy atom. The van der Waals surface area contributed by atoms with Gasteiger partial charge >= 0.3 is 0 Å². The van der Waals surface area contributed by atoms with Crippen LogP contribution in [0.25, 0.3) is 0 Å². The van der Waals surface area contributed by atoms with Crippen LogP contribution in [0.15, 0.2) is 16.6 Å². The standard InChI is InChI=1S/C25H49BrO3Si3/c1-23(2,3)30(10,11)27-18-19-16-20(28-31(12,13)24(4,5)6)17-21(22(19)26)29-32(14,15)25(7,8)9/h16-17H,18H2,1-15H3. The summed E-state index contributed by atoms with van der Waals surface area (Å²) in [7, 11) is -5.88. The van der Waals surface area contributed by atoms with Crippen LogP contribution in [0, 0.1) is 0 Å². The van der Waals surface area contributed by atoms with Gasteiger partial charge in [0.15, 0.2) is 8.32 Å². The fraction of sp³-hybridized carbons (Fsp3) is 0.760. The molecule has 0 N–H and O–H groups in total. The summed E-state index contributed by atoms with van der Waals surface area (Å²) >= 11 is 3.86. The minimum absolute atomic E-state index is 0.112. The number of rotatable bonds is 7. The van der Waals surface area contributed by atoms with Crippen molar-refractivity contribution in [2.75, 3.05) is 0 Å². The van der Waals surface area contributed by atoms with Gasteiger partial charge in [-0.15, -0.1) is 0 Å². The fourth-order valence-corrected chi connectivity index (χ4v) is 5.77. The average Bonchev–Trinajstić information content (AvgIpc) is 2.52. The largest absolute Gasteiger partial charge is 0.543 e. The van der Waals surface area contributed by atoms with Gasteiger partial charge in [0, 0.05) is 6.07 Å². The Morgan fingerprint density at radius 3 is 1.47 bits per heavy atom. The second-order valence-corrected chi connectivity index (χ2v) is 28.7. The van der Waals surface area contributed by atoms with E-state index >= 15 is 0 Å². The lowest BCUT2D eigenvalue weighted by molar-refractivity contribution is 0.275. The molecular formula is C25H49BrO3Si3. The molecule has 0 atom stereocenters. The normalized spacial score (nSPS) is 14.5. The third-order valence-electron chi connectivity index (χ3n) is 7.83. The predicted molar refractivity (Wildman–Crippen MR) is 152 cm³/mol. The van der Waals surface area contributed by atoms with Crippen LogP contribution in [0.2, 0.25) is 54.4 Å². The van der Waals surface area contributed by atoms with Gasteiger partial charge < -0.3 is 13.3 Å². The molecule has 0 fully saturated rings. The SMILES string of the molecule is CC(C)(C)[Si](C)(C)OCc1cc(O[Si](C)(C)C(C)(C)C)cc(O[Si](C)(C)C(C)(C)C)c1Br. The number of halogens is 1. The number of hydrogen-bond acceptors (Lipinski definition) is 3. The topological polar surface area (TPSA) is 27.7 Å². The highest BCUT2D eigenvalue weighted by atomic mass is 79.9. The summed E-state index contributed by atoms with van der Waals surface area (Å²) in [5.74, 6) is 1.77. The Kier molecular flexibility index (Phi) is 8.90. The maximum atomic E-state index is 6.76. The van der Waals surface area contributed by atoms with E-state index < -0.39 is 25.0 Å². The molecule has 0 radical (unpaired) electrons. The van der Waals surface area contributed by atoms with Crippen molar-refractivity contribution in [2.24, 2.45) is 0 Å². The molecule has 1 rings (SSSR count). The molecule has 0 spiro atoms. The molecule has 0 aliphatic carbocycles. The Hall–Kier alpha value is -0.0894. The smallest absolute Gasteiger partial charge is 0.250 e. The van der Waals surface area contributed by atoms with Crippen molar-refractivity contribution in [1.82, 2.24) is 0 Å². The highest BCUT2D eigenvalue weighted by Crippen LogP contribution is 2.44. The van der Waals surface area contributed by atoms with Crippen LogP contribution in [-0.2, 0) is 11.0 Å². The van der Waals surface area contributed by atoms with E-state index in [0.717, 1.165) is 21.5 Å². The molecular weight excluding hydrogens is 512 g/mol. The zero-order valence-electron chi connectivity index (χ0n) is 23.5. The highest BCUT2D eigenvalue weighted by molar-refractivity contribution is 9.10. The second-order valence-electron chi connectivity index (χ2n) is 13.7. The van der Waals surface area contributed by atoms with E-state index in [1.807, 2.05) is 0 Å². The quantitative estimate of drug-likeness (QED) is 0.310. The summed E-state index contributed by atoms with van der Waals surface area (Å²) in [6.45, 7) is 34.7. The van der Waals surface area contributed by atoms with Gasteiger partial charge in [0.2, 0.25) is 8.32 Å². The zero-order chi connectivity index (χ0) is 25.6. The minimum Gasteiger partial charge on any atom is -0.543 e. The van der Waals surface area contributed by atoms with Crippen LogP contribution in [0.4, 0.5) is 0 Å². The molecule has 186 valence electrons. The van der Waals surface area contributed by atoms with Crippen molar-refractivity contribution in [3.8, 4) is 11.5 Å². The lowest BCUT2D eigenvalue weighted by Gasteiger charge is -2.39. The zero-order valence-corrected chi connectivity index (χ0v) is 28.1. The van der Waals surface area contributed by atoms with Gasteiger partial charge in [-0.2, -0.15) is 0 Å². The third-order valence-corrected chi connectivity index (χ3v) is 21.9. The molecule has 0 unspecified atom stereocenters. The van der Waals surface area contributed by atoms with Crippen molar-refractivity contribution < 1.29 is 13.3 Å². The van der Waals surface area contributed by atoms with Gasteiger partial charge in [0.1, 0.15) is 11.5 Å². The Labute approximate surface area is 210 Å². The first-order valence-corrected chi connectivity index (χ1v) is 21.3. The van der Waals surface area contributed by atoms with E-state index in [9.17, 15) is 0 Å². The summed E-state index contributed by atoms with van der Waals surface area (Å²) in [5, 5.41) is 0.397. The summed E-state index contributed by atoms with van der Waals surface area (Å²) in [6, 6.07) is 4.23. The lowest BCUT2D eigenvalue weighted by Crippen LogP contribution is -2.44. The van der Waals surface area contributed by atoms with Crippen molar-refractivity contribution in [3.63, 3.8) is 0 Å². The van der Waals surface area contributed by atoms with Crippen molar-refractivity contribution in [3.05, 3.63) is 22.2 Å². The van der Waals surface area contributed by atoms with Gasteiger partial charge in [-0.1, -0.05) is 62.3 Å². The monoisotopic (exact) mass is 560 g/mol. The molecule has 0 heterocycles. The highest BCUT2D eigenvalue weighted by Gasteiger charge is 2.42. The van der Waals surface area contributed by atoms with Gasteiger partial charge in [-0.05, 0) is 82.0 Å². The minimum atomic E-state index is -2.01. The molecule has 1 aromatic carbocycles. The number of benzene rings is 1. The van der Waals surface area contributed by atoms with Crippen molar-refractivity contribution in [1.29, 1.82) is 0 Å². The first-order valence-electron chi connectivity index (χ1n) is 11.8. The van der Waals surface area contributed by atoms with Gasteiger partial charge in [0.05, 0.1) is 11.1 Å². The average molecular weight is 562 g/mol. The van der Waals surface area contributed by atoms with Crippen LogP contribution in [0.1, 0.15) is 67.9 Å². The third kappa shape index (κ3) is 7.20. The maximum absolute atomic E-state index is 6.76. The van der Waals surface area contributed by atoms with Crippen LogP contribution >= 0.6 is 15.9 Å². The molecule has 0 bridgehead atoms. The molecule has 0 saturated heterocycles. The summed E-state index contributed by atoms with van der Waals surface area (Å²) in [6.07, 6.45) is 0. The van der Waals surface area contributed by atoms with Gasteiger partial charge in [-0.3, -0.25) is 0 Å². The van der Waals surface area contributed by atoms with E-state index in [4.69, 9.17) is 13.3 Å². The molecule has 7 heteroatoms. The van der Waals surface area contributed by atoms with Gasteiger partial charge in [-0.25, -0.2) is 0 Å². The Bertz CT molecular complexity index is 798. The van der Waals surface area contributed by atoms with E-state index in [0.29, 0.717) is 6.61 Å². The molecule has 0 amide bonds. The molecule has 0 aliphatic heterocycles. The molecule has 1 aromatic rings. The Morgan fingerprint density at radius 1 is 0.656 bits per heavy atom. The first kappa shape index (κ1) is 29.9. The van der Waals surface area contributed by atoms with E-state index in [1.165, 1.54) is 0 Å². The van der Waals surface area contributed by atoms with Crippen LogP contribution in [0.5, 0.6) is 11.5 Å². The van der Waals surface area contributed by atoms with Crippen LogP contribution < -0.4 is 8.85 Å². The number of hydrogen-bond donors (Lipinski definition) is 0. The van der Waals surface area contributed by atoms with Crippen LogP contribution in [-0.4, -0.2) is 25.0 Å². The van der Waals surface area contributed by atoms with Gasteiger partial charge in [0.25, 0.3) is 8.32 Å². The van der Waals surface area contributed by atoms with E-state index in [-0.39, 0.29) is 15.1 Å². The molecule has 32 heavy (non-hydrogen) atoms. The van der Waals surface area contributed by atoms with E-state index in [2.05, 4.69) is 130 Å². The fourth-order valence-electron chi connectivity index (χ4n) is 2.22. The summed E-state index contributed by atoms with van der Waals surface area (Å²) < 4.78 is 21.0. The summed E-state index contributed by atoms with van der Waals surface area (Å²) in [5.41, 5.74) is 1.10.